The Bertz CT molecular complexity index is 544. The average Bonchev–Trinajstić information content (AvgIpc) is 2.87. The number of ether oxygens (including phenoxy) is 1. The Morgan fingerprint density at radius 2 is 2.10 bits per heavy atom. The van der Waals surface area contributed by atoms with Gasteiger partial charge in [-0.1, -0.05) is 6.07 Å². The van der Waals surface area contributed by atoms with Crippen LogP contribution in [0.5, 0.6) is 0 Å². The van der Waals surface area contributed by atoms with Crippen LogP contribution in [0.4, 0.5) is 4.79 Å². The van der Waals surface area contributed by atoms with E-state index in [1.807, 2.05) is 13.8 Å². The summed E-state index contributed by atoms with van der Waals surface area (Å²) in [5.41, 5.74) is 2.14. The SMILES string of the molecule is CCOCC(C)NC(=O)N1Cc2ccc(C(=O)O)cc2C1. The van der Waals surface area contributed by atoms with Gasteiger partial charge in [0.15, 0.2) is 0 Å². The van der Waals surface area contributed by atoms with E-state index in [9.17, 15) is 9.59 Å². The average molecular weight is 292 g/mol. The fourth-order valence-corrected chi connectivity index (χ4v) is 2.31. The number of carboxylic acids is 1. The Morgan fingerprint density at radius 3 is 2.76 bits per heavy atom. The van der Waals surface area contributed by atoms with E-state index in [4.69, 9.17) is 9.84 Å². The van der Waals surface area contributed by atoms with Crippen molar-refractivity contribution in [3.8, 4) is 0 Å². The molecule has 6 heteroatoms. The van der Waals surface area contributed by atoms with E-state index in [-0.39, 0.29) is 17.6 Å². The molecule has 2 N–H and O–H groups in total. The van der Waals surface area contributed by atoms with Gasteiger partial charge in [-0.3, -0.25) is 0 Å². The monoisotopic (exact) mass is 292 g/mol. The standard InChI is InChI=1S/C15H20N2O4/c1-3-21-9-10(2)16-15(20)17-7-12-5-4-11(14(18)19)6-13(12)8-17/h4-6,10H,3,7-9H2,1-2H3,(H,16,20)(H,18,19). The molecule has 2 rings (SSSR count). The molecule has 1 unspecified atom stereocenters. The lowest BCUT2D eigenvalue weighted by Gasteiger charge is -2.20. The zero-order valence-electron chi connectivity index (χ0n) is 12.3. The molecule has 1 aromatic carbocycles. The summed E-state index contributed by atoms with van der Waals surface area (Å²) in [4.78, 5) is 24.8. The normalized spacial score (nSPS) is 14.7. The van der Waals surface area contributed by atoms with Crippen molar-refractivity contribution in [3.05, 3.63) is 34.9 Å². The van der Waals surface area contributed by atoms with Crippen LogP contribution in [0.3, 0.4) is 0 Å². The van der Waals surface area contributed by atoms with E-state index >= 15 is 0 Å². The van der Waals surface area contributed by atoms with E-state index in [0.717, 1.165) is 11.1 Å². The second kappa shape index (κ2) is 6.58. The third kappa shape index (κ3) is 3.72. The number of carboxylic acid groups (broad SMARTS) is 1. The summed E-state index contributed by atoms with van der Waals surface area (Å²) in [5.74, 6) is -0.953. The molecular formula is C15H20N2O4. The molecule has 0 bridgehead atoms. The number of hydrogen-bond acceptors (Lipinski definition) is 3. The van der Waals surface area contributed by atoms with Crippen LogP contribution in [0.2, 0.25) is 0 Å². The molecule has 1 atom stereocenters. The molecule has 1 aromatic rings. The van der Waals surface area contributed by atoms with Crippen molar-refractivity contribution in [1.29, 1.82) is 0 Å². The molecule has 0 aliphatic carbocycles. The molecule has 1 aliphatic rings. The first-order valence-corrected chi connectivity index (χ1v) is 6.99. The van der Waals surface area contributed by atoms with Crippen LogP contribution in [0.15, 0.2) is 18.2 Å². The minimum absolute atomic E-state index is 0.0595. The van der Waals surface area contributed by atoms with Crippen LogP contribution >= 0.6 is 0 Å². The first-order valence-electron chi connectivity index (χ1n) is 6.99. The molecule has 0 spiro atoms. The van der Waals surface area contributed by atoms with Crippen LogP contribution in [0.1, 0.15) is 35.3 Å². The summed E-state index contributed by atoms with van der Waals surface area (Å²) in [6, 6.07) is 4.76. The van der Waals surface area contributed by atoms with Crippen molar-refractivity contribution in [2.24, 2.45) is 0 Å². The minimum Gasteiger partial charge on any atom is -0.478 e. The van der Waals surface area contributed by atoms with E-state index < -0.39 is 5.97 Å². The zero-order valence-corrected chi connectivity index (χ0v) is 12.3. The van der Waals surface area contributed by atoms with E-state index in [1.54, 1.807) is 23.1 Å². The van der Waals surface area contributed by atoms with Crippen molar-refractivity contribution >= 4 is 12.0 Å². The fraction of sp³-hybridized carbons (Fsp3) is 0.467. The minimum atomic E-state index is -0.953. The Kier molecular flexibility index (Phi) is 4.80. The third-order valence-electron chi connectivity index (χ3n) is 3.40. The summed E-state index contributed by atoms with van der Waals surface area (Å²) >= 11 is 0. The largest absolute Gasteiger partial charge is 0.478 e. The van der Waals surface area contributed by atoms with Gasteiger partial charge in [0, 0.05) is 19.7 Å². The van der Waals surface area contributed by atoms with Gasteiger partial charge in [-0.25, -0.2) is 9.59 Å². The van der Waals surface area contributed by atoms with Gasteiger partial charge in [-0.05, 0) is 37.1 Å². The van der Waals surface area contributed by atoms with Gasteiger partial charge in [0.25, 0.3) is 0 Å². The number of carbonyl (C=O) groups excluding carboxylic acids is 1. The predicted molar refractivity (Wildman–Crippen MR) is 77.1 cm³/mol. The smallest absolute Gasteiger partial charge is 0.335 e. The summed E-state index contributed by atoms with van der Waals surface area (Å²) < 4.78 is 5.26. The Labute approximate surface area is 123 Å². The van der Waals surface area contributed by atoms with Gasteiger partial charge < -0.3 is 20.1 Å². The topological polar surface area (TPSA) is 78.9 Å². The van der Waals surface area contributed by atoms with Crippen LogP contribution in [0.25, 0.3) is 0 Å². The summed E-state index contributed by atoms with van der Waals surface area (Å²) in [6.07, 6.45) is 0. The lowest BCUT2D eigenvalue weighted by molar-refractivity contribution is 0.0696. The van der Waals surface area contributed by atoms with Crippen LogP contribution < -0.4 is 5.32 Å². The second-order valence-electron chi connectivity index (χ2n) is 5.15. The Balaban J connectivity index is 1.96. The lowest BCUT2D eigenvalue weighted by atomic mass is 10.1. The Hall–Kier alpha value is -2.08. The molecule has 1 aliphatic heterocycles. The highest BCUT2D eigenvalue weighted by atomic mass is 16.5. The number of fused-ring (bicyclic) bond motifs is 1. The van der Waals surface area contributed by atoms with Crippen molar-refractivity contribution in [1.82, 2.24) is 10.2 Å². The van der Waals surface area contributed by atoms with Crippen molar-refractivity contribution in [3.63, 3.8) is 0 Å². The molecular weight excluding hydrogens is 272 g/mol. The number of nitrogens with one attached hydrogen (secondary N) is 1. The predicted octanol–water partition coefficient (Wildman–Crippen LogP) is 1.83. The van der Waals surface area contributed by atoms with Crippen LogP contribution in [-0.4, -0.2) is 41.3 Å². The number of urea groups is 1. The number of carbonyl (C=O) groups is 2. The third-order valence-corrected chi connectivity index (χ3v) is 3.40. The lowest BCUT2D eigenvalue weighted by Crippen LogP contribution is -2.43. The van der Waals surface area contributed by atoms with Crippen molar-refractivity contribution < 1.29 is 19.4 Å². The quantitative estimate of drug-likeness (QED) is 0.868. The van der Waals surface area contributed by atoms with Gasteiger partial charge in [0.2, 0.25) is 0 Å². The Morgan fingerprint density at radius 1 is 1.38 bits per heavy atom. The molecule has 0 saturated carbocycles. The highest BCUT2D eigenvalue weighted by molar-refractivity contribution is 5.88. The van der Waals surface area contributed by atoms with Crippen LogP contribution in [-0.2, 0) is 17.8 Å². The number of hydrogen-bond donors (Lipinski definition) is 2. The zero-order chi connectivity index (χ0) is 15.4. The number of benzene rings is 1. The maximum atomic E-state index is 12.1. The molecule has 0 fully saturated rings. The number of nitrogens with zero attached hydrogens (tertiary/aromatic N) is 1. The van der Waals surface area contributed by atoms with Gasteiger partial charge in [-0.2, -0.15) is 0 Å². The molecule has 21 heavy (non-hydrogen) atoms. The number of aromatic carboxylic acids is 1. The van der Waals surface area contributed by atoms with E-state index in [1.165, 1.54) is 0 Å². The number of amides is 2. The van der Waals surface area contributed by atoms with Crippen LogP contribution in [0, 0.1) is 0 Å². The molecule has 6 nitrogen and oxygen atoms in total. The fourth-order valence-electron chi connectivity index (χ4n) is 2.31. The van der Waals surface area contributed by atoms with Gasteiger partial charge in [0.05, 0.1) is 18.2 Å². The molecule has 0 saturated heterocycles. The molecule has 1 heterocycles. The first kappa shape index (κ1) is 15.3. The maximum Gasteiger partial charge on any atom is 0.335 e. The van der Waals surface area contributed by atoms with Gasteiger partial charge >= 0.3 is 12.0 Å². The van der Waals surface area contributed by atoms with Gasteiger partial charge in [-0.15, -0.1) is 0 Å². The molecule has 0 radical (unpaired) electrons. The van der Waals surface area contributed by atoms with Crippen molar-refractivity contribution in [2.75, 3.05) is 13.2 Å². The van der Waals surface area contributed by atoms with Crippen molar-refractivity contribution in [2.45, 2.75) is 33.0 Å². The highest BCUT2D eigenvalue weighted by Crippen LogP contribution is 2.24. The first-order chi connectivity index (χ1) is 10.0. The maximum absolute atomic E-state index is 12.1. The van der Waals surface area contributed by atoms with E-state index in [2.05, 4.69) is 5.32 Å². The summed E-state index contributed by atoms with van der Waals surface area (Å²) in [6.45, 7) is 5.83. The van der Waals surface area contributed by atoms with E-state index in [0.29, 0.717) is 26.3 Å². The van der Waals surface area contributed by atoms with Gasteiger partial charge in [0.1, 0.15) is 0 Å². The molecule has 2 amide bonds. The number of rotatable bonds is 5. The highest BCUT2D eigenvalue weighted by Gasteiger charge is 2.24. The molecule has 0 aromatic heterocycles. The molecule has 114 valence electrons. The summed E-state index contributed by atoms with van der Waals surface area (Å²) in [5, 5.41) is 11.9. The summed E-state index contributed by atoms with van der Waals surface area (Å²) in [7, 11) is 0. The second-order valence-corrected chi connectivity index (χ2v) is 5.15.